The second-order valence-corrected chi connectivity index (χ2v) is 5.51. The summed E-state index contributed by atoms with van der Waals surface area (Å²) < 4.78 is 0. The van der Waals surface area contributed by atoms with Gasteiger partial charge in [0.2, 0.25) is 0 Å². The van der Waals surface area contributed by atoms with Gasteiger partial charge in [-0.25, -0.2) is 10.9 Å². The van der Waals surface area contributed by atoms with Crippen LogP contribution in [-0.2, 0) is 0 Å². The fourth-order valence-electron chi connectivity index (χ4n) is 1.42. The second kappa shape index (κ2) is 8.71. The zero-order valence-corrected chi connectivity index (χ0v) is 13.3. The minimum absolute atomic E-state index is 0.247. The van der Waals surface area contributed by atoms with Gasteiger partial charge in [-0.1, -0.05) is 33.8 Å². The summed E-state index contributed by atoms with van der Waals surface area (Å²) >= 11 is 0. The van der Waals surface area contributed by atoms with Crippen LogP contribution in [0.3, 0.4) is 0 Å². The third-order valence-corrected chi connectivity index (χ3v) is 2.46. The average molecular weight is 302 g/mol. The summed E-state index contributed by atoms with van der Waals surface area (Å²) in [4.78, 5) is 23.8. The third kappa shape index (κ3) is 6.30. The number of amides is 2. The molecule has 0 radical (unpaired) electrons. The van der Waals surface area contributed by atoms with E-state index in [0.717, 1.165) is 0 Å². The van der Waals surface area contributed by atoms with E-state index in [9.17, 15) is 9.59 Å². The zero-order valence-electron chi connectivity index (χ0n) is 13.3. The summed E-state index contributed by atoms with van der Waals surface area (Å²) in [6.07, 6.45) is 3.27. The first-order chi connectivity index (χ1) is 10.4. The minimum atomic E-state index is -0.364. The Hall–Kier alpha value is -2.50. The molecule has 0 unspecified atom stereocenters. The molecule has 0 saturated heterocycles. The van der Waals surface area contributed by atoms with Crippen molar-refractivity contribution in [3.63, 3.8) is 0 Å². The van der Waals surface area contributed by atoms with Crippen LogP contribution in [0.1, 0.15) is 48.4 Å². The van der Waals surface area contributed by atoms with Crippen LogP contribution in [0, 0.1) is 11.8 Å². The molecule has 0 aliphatic carbocycles. The standard InChI is InChI=1S/C16H22N4O2/c1-11(2)9-17-19-15(21)13-6-5-7-14(8-13)16(22)20-18-10-12(3)4/h5-12H,1-4H3,(H,19,21)(H,20,22)/b17-9+,18-10+. The number of nitrogens with one attached hydrogen (secondary N) is 2. The van der Waals surface area contributed by atoms with Crippen LogP contribution in [0.15, 0.2) is 34.5 Å². The Kier molecular flexibility index (Phi) is 6.95. The monoisotopic (exact) mass is 302 g/mol. The Morgan fingerprint density at radius 3 is 1.68 bits per heavy atom. The fraction of sp³-hybridized carbons (Fsp3) is 0.375. The normalized spacial score (nSPS) is 11.5. The van der Waals surface area contributed by atoms with E-state index in [4.69, 9.17) is 0 Å². The lowest BCUT2D eigenvalue weighted by Gasteiger charge is -2.04. The Morgan fingerprint density at radius 2 is 1.32 bits per heavy atom. The molecule has 0 saturated carbocycles. The molecule has 0 spiro atoms. The topological polar surface area (TPSA) is 82.9 Å². The van der Waals surface area contributed by atoms with Gasteiger partial charge < -0.3 is 0 Å². The molecule has 6 heteroatoms. The van der Waals surface area contributed by atoms with E-state index in [1.54, 1.807) is 30.6 Å². The van der Waals surface area contributed by atoms with Gasteiger partial charge in [-0.3, -0.25) is 9.59 Å². The fourth-order valence-corrected chi connectivity index (χ4v) is 1.42. The molecule has 1 aromatic rings. The van der Waals surface area contributed by atoms with Gasteiger partial charge in [0.1, 0.15) is 0 Å². The van der Waals surface area contributed by atoms with Crippen molar-refractivity contribution in [1.82, 2.24) is 10.9 Å². The van der Waals surface area contributed by atoms with Gasteiger partial charge >= 0.3 is 0 Å². The molecule has 0 fully saturated rings. The third-order valence-electron chi connectivity index (χ3n) is 2.46. The van der Waals surface area contributed by atoms with Gasteiger partial charge in [0, 0.05) is 23.6 Å². The van der Waals surface area contributed by atoms with Crippen molar-refractivity contribution in [2.75, 3.05) is 0 Å². The van der Waals surface area contributed by atoms with Crippen molar-refractivity contribution in [3.05, 3.63) is 35.4 Å². The lowest BCUT2D eigenvalue weighted by Crippen LogP contribution is -2.21. The molecule has 0 aliphatic rings. The Balaban J connectivity index is 2.72. The zero-order chi connectivity index (χ0) is 16.5. The Labute approximate surface area is 130 Å². The summed E-state index contributed by atoms with van der Waals surface area (Å²) in [5.41, 5.74) is 5.57. The van der Waals surface area contributed by atoms with Crippen LogP contribution in [0.5, 0.6) is 0 Å². The first-order valence-electron chi connectivity index (χ1n) is 7.17. The Morgan fingerprint density at radius 1 is 0.909 bits per heavy atom. The van der Waals surface area contributed by atoms with E-state index in [2.05, 4.69) is 21.1 Å². The lowest BCUT2D eigenvalue weighted by molar-refractivity contribution is 0.0954. The van der Waals surface area contributed by atoms with Crippen molar-refractivity contribution in [2.24, 2.45) is 22.0 Å². The number of carbonyl (C=O) groups is 2. The van der Waals surface area contributed by atoms with Gasteiger partial charge in [-0.2, -0.15) is 10.2 Å². The van der Waals surface area contributed by atoms with E-state index in [0.29, 0.717) is 11.1 Å². The van der Waals surface area contributed by atoms with Crippen LogP contribution in [0.4, 0.5) is 0 Å². The summed E-state index contributed by atoms with van der Waals surface area (Å²) in [5, 5.41) is 7.68. The van der Waals surface area contributed by atoms with Crippen molar-refractivity contribution < 1.29 is 9.59 Å². The molecule has 0 heterocycles. The molecule has 0 atom stereocenters. The van der Waals surface area contributed by atoms with E-state index in [1.807, 2.05) is 27.7 Å². The summed E-state index contributed by atoms with van der Waals surface area (Å²) in [5.74, 6) is -0.234. The number of hydrazone groups is 2. The molecular weight excluding hydrogens is 280 g/mol. The number of carbonyl (C=O) groups excluding carboxylic acids is 2. The highest BCUT2D eigenvalue weighted by atomic mass is 16.2. The number of nitrogens with zero attached hydrogens (tertiary/aromatic N) is 2. The van der Waals surface area contributed by atoms with E-state index >= 15 is 0 Å². The summed E-state index contributed by atoms with van der Waals surface area (Å²) in [6.45, 7) is 7.83. The van der Waals surface area contributed by atoms with Gasteiger partial charge in [-0.05, 0) is 30.0 Å². The van der Waals surface area contributed by atoms with E-state index in [-0.39, 0.29) is 23.7 Å². The Bertz CT molecular complexity index is 530. The number of hydrogen-bond donors (Lipinski definition) is 2. The van der Waals surface area contributed by atoms with Crippen LogP contribution in [0.2, 0.25) is 0 Å². The molecule has 2 amide bonds. The quantitative estimate of drug-likeness (QED) is 0.625. The van der Waals surface area contributed by atoms with Crippen molar-refractivity contribution in [1.29, 1.82) is 0 Å². The predicted octanol–water partition coefficient (Wildman–Crippen LogP) is 2.43. The molecule has 0 aromatic heterocycles. The molecule has 0 aliphatic heterocycles. The van der Waals surface area contributed by atoms with Crippen LogP contribution in [-0.4, -0.2) is 24.2 Å². The highest BCUT2D eigenvalue weighted by Gasteiger charge is 2.09. The summed E-state index contributed by atoms with van der Waals surface area (Å²) in [6, 6.07) is 6.38. The summed E-state index contributed by atoms with van der Waals surface area (Å²) in [7, 11) is 0. The molecule has 118 valence electrons. The average Bonchev–Trinajstić information content (AvgIpc) is 2.46. The first kappa shape index (κ1) is 17.6. The number of hydrogen-bond acceptors (Lipinski definition) is 4. The largest absolute Gasteiger partial charge is 0.271 e. The van der Waals surface area contributed by atoms with Gasteiger partial charge in [-0.15, -0.1) is 0 Å². The van der Waals surface area contributed by atoms with E-state index in [1.165, 1.54) is 6.07 Å². The molecule has 6 nitrogen and oxygen atoms in total. The van der Waals surface area contributed by atoms with Gasteiger partial charge in [0.05, 0.1) is 0 Å². The minimum Gasteiger partial charge on any atom is -0.267 e. The second-order valence-electron chi connectivity index (χ2n) is 5.51. The van der Waals surface area contributed by atoms with Gasteiger partial charge in [0.25, 0.3) is 11.8 Å². The number of rotatable bonds is 6. The van der Waals surface area contributed by atoms with Crippen molar-refractivity contribution >= 4 is 24.2 Å². The smallest absolute Gasteiger partial charge is 0.267 e. The number of benzene rings is 1. The van der Waals surface area contributed by atoms with Gasteiger partial charge in [0.15, 0.2) is 0 Å². The molecule has 22 heavy (non-hydrogen) atoms. The molecule has 1 aromatic carbocycles. The molecule has 1 rings (SSSR count). The van der Waals surface area contributed by atoms with E-state index < -0.39 is 0 Å². The highest BCUT2D eigenvalue weighted by Crippen LogP contribution is 2.05. The SMILES string of the molecule is CC(C)/C=N/NC(=O)c1cccc(C(=O)N/N=C/C(C)C)c1. The maximum Gasteiger partial charge on any atom is 0.271 e. The lowest BCUT2D eigenvalue weighted by atomic mass is 10.1. The van der Waals surface area contributed by atoms with Crippen molar-refractivity contribution in [2.45, 2.75) is 27.7 Å². The van der Waals surface area contributed by atoms with Crippen LogP contribution in [0.25, 0.3) is 0 Å². The molecular formula is C16H22N4O2. The first-order valence-corrected chi connectivity index (χ1v) is 7.17. The van der Waals surface area contributed by atoms with Crippen LogP contribution >= 0.6 is 0 Å². The van der Waals surface area contributed by atoms with Crippen LogP contribution < -0.4 is 10.9 Å². The van der Waals surface area contributed by atoms with Crippen molar-refractivity contribution in [3.8, 4) is 0 Å². The predicted molar refractivity (Wildman–Crippen MR) is 88.0 cm³/mol. The maximum atomic E-state index is 11.9. The molecule has 2 N–H and O–H groups in total. The molecule has 0 bridgehead atoms. The highest BCUT2D eigenvalue weighted by molar-refractivity contribution is 5.99. The maximum absolute atomic E-state index is 11.9.